The molecule has 0 heterocycles. The van der Waals surface area contributed by atoms with Crippen molar-refractivity contribution in [1.29, 1.82) is 5.41 Å². The number of amides is 1. The summed E-state index contributed by atoms with van der Waals surface area (Å²) in [7, 11) is 0. The summed E-state index contributed by atoms with van der Waals surface area (Å²) in [6.45, 7) is 12.6. The molecule has 0 saturated heterocycles. The number of unbranched alkanes of at least 4 members (excludes halogenated alkanes) is 1. The molecule has 0 spiro atoms. The van der Waals surface area contributed by atoms with E-state index < -0.39 is 29.8 Å². The number of hydrogen-bond acceptors (Lipinski definition) is 6. The zero-order valence-corrected chi connectivity index (χ0v) is 23.8. The normalized spacial score (nSPS) is 15.9. The Morgan fingerprint density at radius 1 is 0.949 bits per heavy atom. The number of nitrogens with zero attached hydrogens (tertiary/aromatic N) is 1. The molecule has 210 valence electrons. The van der Waals surface area contributed by atoms with Gasteiger partial charge in [-0.3, -0.25) is 15.1 Å². The minimum Gasteiger partial charge on any atom is -0.478 e. The topological polar surface area (TPSA) is 117 Å². The van der Waals surface area contributed by atoms with Crippen LogP contribution in [0.2, 0.25) is 0 Å². The van der Waals surface area contributed by atoms with Gasteiger partial charge in [0, 0.05) is 11.4 Å². The van der Waals surface area contributed by atoms with E-state index >= 15 is 0 Å². The number of fused-ring (bicyclic) bond motifs is 1. The van der Waals surface area contributed by atoms with Crippen LogP contribution < -0.4 is 4.90 Å². The second-order valence-corrected chi connectivity index (χ2v) is 11.3. The van der Waals surface area contributed by atoms with E-state index in [1.165, 1.54) is 34.7 Å². The van der Waals surface area contributed by atoms with Gasteiger partial charge in [-0.15, -0.1) is 0 Å². The van der Waals surface area contributed by atoms with E-state index in [0.29, 0.717) is 24.2 Å². The third-order valence-electron chi connectivity index (χ3n) is 7.49. The number of hydrogen-bond donors (Lipinski definition) is 2. The molecule has 0 aliphatic heterocycles. The molecule has 1 unspecified atom stereocenters. The SMILES string of the molecule is CCCCC(OC(=N)C(=O)N(c1ccc(C(=O)O)cc1)c1ccc2c(c1)C(C)(C)CCC2(C)C)C(=O)OCC. The first-order chi connectivity index (χ1) is 18.3. The maximum atomic E-state index is 13.8. The molecule has 0 saturated carbocycles. The van der Waals surface area contributed by atoms with Crippen molar-refractivity contribution in [2.45, 2.75) is 90.6 Å². The van der Waals surface area contributed by atoms with Crippen LogP contribution in [0.1, 0.15) is 95.1 Å². The molecule has 3 rings (SSSR count). The highest BCUT2D eigenvalue weighted by Gasteiger charge is 2.38. The van der Waals surface area contributed by atoms with Gasteiger partial charge in [-0.1, -0.05) is 47.1 Å². The van der Waals surface area contributed by atoms with E-state index in [1.54, 1.807) is 6.92 Å². The number of esters is 1. The van der Waals surface area contributed by atoms with Gasteiger partial charge in [-0.05, 0) is 91.0 Å². The number of rotatable bonds is 9. The van der Waals surface area contributed by atoms with E-state index in [1.807, 2.05) is 25.1 Å². The predicted molar refractivity (Wildman–Crippen MR) is 151 cm³/mol. The predicted octanol–water partition coefficient (Wildman–Crippen LogP) is 6.51. The van der Waals surface area contributed by atoms with E-state index in [0.717, 1.165) is 24.8 Å². The number of anilines is 2. The molecule has 0 bridgehead atoms. The first kappa shape index (κ1) is 29.9. The summed E-state index contributed by atoms with van der Waals surface area (Å²) in [6, 6.07) is 11.7. The van der Waals surface area contributed by atoms with Crippen LogP contribution >= 0.6 is 0 Å². The summed E-state index contributed by atoms with van der Waals surface area (Å²) in [4.78, 5) is 39.1. The Labute approximate surface area is 230 Å². The van der Waals surface area contributed by atoms with Gasteiger partial charge in [0.2, 0.25) is 0 Å². The van der Waals surface area contributed by atoms with Crippen molar-refractivity contribution in [3.05, 3.63) is 59.2 Å². The zero-order chi connectivity index (χ0) is 29.0. The molecule has 1 aliphatic rings. The molecule has 39 heavy (non-hydrogen) atoms. The van der Waals surface area contributed by atoms with E-state index in [2.05, 4.69) is 27.7 Å². The monoisotopic (exact) mass is 536 g/mol. The van der Waals surface area contributed by atoms with Crippen LogP contribution in [0.4, 0.5) is 11.4 Å². The molecular weight excluding hydrogens is 496 g/mol. The minimum atomic E-state index is -1.08. The number of benzene rings is 2. The lowest BCUT2D eigenvalue weighted by Crippen LogP contribution is -2.39. The Bertz CT molecular complexity index is 1230. The average Bonchev–Trinajstić information content (AvgIpc) is 2.89. The van der Waals surface area contributed by atoms with Gasteiger partial charge in [0.05, 0.1) is 12.2 Å². The van der Waals surface area contributed by atoms with Crippen molar-refractivity contribution in [3.63, 3.8) is 0 Å². The van der Waals surface area contributed by atoms with Gasteiger partial charge in [0.25, 0.3) is 5.90 Å². The third-order valence-corrected chi connectivity index (χ3v) is 7.49. The van der Waals surface area contributed by atoms with Gasteiger partial charge in [0.1, 0.15) is 0 Å². The smallest absolute Gasteiger partial charge is 0.347 e. The van der Waals surface area contributed by atoms with Crippen LogP contribution in [-0.2, 0) is 29.9 Å². The van der Waals surface area contributed by atoms with Crippen LogP contribution in [0.15, 0.2) is 42.5 Å². The summed E-state index contributed by atoms with van der Waals surface area (Å²) in [5, 5.41) is 17.9. The Morgan fingerprint density at radius 2 is 1.54 bits per heavy atom. The highest BCUT2D eigenvalue weighted by molar-refractivity contribution is 6.41. The Morgan fingerprint density at radius 3 is 2.10 bits per heavy atom. The van der Waals surface area contributed by atoms with Crippen LogP contribution in [0.3, 0.4) is 0 Å². The summed E-state index contributed by atoms with van der Waals surface area (Å²) in [5.74, 6) is -3.15. The van der Waals surface area contributed by atoms with Gasteiger partial charge in [0.15, 0.2) is 6.10 Å². The highest BCUT2D eigenvalue weighted by atomic mass is 16.6. The number of carbonyl (C=O) groups excluding carboxylic acids is 2. The van der Waals surface area contributed by atoms with Gasteiger partial charge >= 0.3 is 17.8 Å². The molecular formula is C31H40N2O6. The molecule has 2 aromatic carbocycles. The van der Waals surface area contributed by atoms with Crippen molar-refractivity contribution in [2.75, 3.05) is 11.5 Å². The minimum absolute atomic E-state index is 0.0245. The lowest BCUT2D eigenvalue weighted by molar-refractivity contribution is -0.152. The molecule has 1 atom stereocenters. The lowest BCUT2D eigenvalue weighted by atomic mass is 9.63. The van der Waals surface area contributed by atoms with E-state index in [-0.39, 0.29) is 23.0 Å². The number of carboxylic acid groups (broad SMARTS) is 1. The molecule has 8 heteroatoms. The van der Waals surface area contributed by atoms with E-state index in [4.69, 9.17) is 14.9 Å². The molecule has 2 aromatic rings. The average molecular weight is 537 g/mol. The summed E-state index contributed by atoms with van der Waals surface area (Å²) in [6.07, 6.45) is 2.75. The van der Waals surface area contributed by atoms with Crippen molar-refractivity contribution in [1.82, 2.24) is 0 Å². The first-order valence-electron chi connectivity index (χ1n) is 13.6. The van der Waals surface area contributed by atoms with Crippen LogP contribution in [0, 0.1) is 5.41 Å². The van der Waals surface area contributed by atoms with Crippen LogP contribution in [0.5, 0.6) is 0 Å². The maximum Gasteiger partial charge on any atom is 0.347 e. The third kappa shape index (κ3) is 6.67. The molecule has 0 radical (unpaired) electrons. The molecule has 1 aliphatic carbocycles. The molecule has 0 fully saturated rings. The largest absolute Gasteiger partial charge is 0.478 e. The Kier molecular flexibility index (Phi) is 9.20. The van der Waals surface area contributed by atoms with Gasteiger partial charge in [-0.2, -0.15) is 0 Å². The number of carbonyl (C=O) groups is 3. The number of nitrogens with one attached hydrogen (secondary N) is 1. The van der Waals surface area contributed by atoms with Crippen molar-refractivity contribution in [3.8, 4) is 0 Å². The molecule has 1 amide bonds. The highest BCUT2D eigenvalue weighted by Crippen LogP contribution is 2.47. The summed E-state index contributed by atoms with van der Waals surface area (Å²) in [5.41, 5.74) is 3.17. The Balaban J connectivity index is 2.06. The van der Waals surface area contributed by atoms with Crippen molar-refractivity contribution < 1.29 is 29.0 Å². The van der Waals surface area contributed by atoms with E-state index in [9.17, 15) is 19.5 Å². The van der Waals surface area contributed by atoms with Crippen molar-refractivity contribution >= 4 is 35.1 Å². The first-order valence-corrected chi connectivity index (χ1v) is 13.6. The second-order valence-electron chi connectivity index (χ2n) is 11.3. The lowest BCUT2D eigenvalue weighted by Gasteiger charge is -2.42. The summed E-state index contributed by atoms with van der Waals surface area (Å²) < 4.78 is 10.7. The fourth-order valence-electron chi connectivity index (χ4n) is 5.00. The molecule has 2 N–H and O–H groups in total. The summed E-state index contributed by atoms with van der Waals surface area (Å²) >= 11 is 0. The van der Waals surface area contributed by atoms with Crippen LogP contribution in [-0.4, -0.2) is 41.6 Å². The fourth-order valence-corrected chi connectivity index (χ4v) is 5.00. The molecule has 8 nitrogen and oxygen atoms in total. The second kappa shape index (κ2) is 12.0. The van der Waals surface area contributed by atoms with Crippen molar-refractivity contribution in [2.24, 2.45) is 0 Å². The van der Waals surface area contributed by atoms with Gasteiger partial charge < -0.3 is 14.6 Å². The quantitative estimate of drug-likeness (QED) is 0.214. The standard InChI is InChI=1S/C31H40N2O6/c1-7-9-10-25(29(37)38-8-2)39-26(32)27(34)33(21-13-11-20(12-14-21)28(35)36)22-15-16-23-24(19-22)31(5,6)18-17-30(23,3)4/h11-16,19,25,32H,7-10,17-18H2,1-6H3,(H,35,36). The Hall–Kier alpha value is -3.68. The number of carboxylic acids is 1. The zero-order valence-electron chi connectivity index (χ0n) is 23.8. The maximum absolute atomic E-state index is 13.8. The fraction of sp³-hybridized carbons (Fsp3) is 0.484. The molecule has 0 aromatic heterocycles. The number of ether oxygens (including phenoxy) is 2. The van der Waals surface area contributed by atoms with Crippen LogP contribution in [0.25, 0.3) is 0 Å². The van der Waals surface area contributed by atoms with Gasteiger partial charge in [-0.25, -0.2) is 9.59 Å². The number of aromatic carboxylic acids is 1.